The van der Waals surface area contributed by atoms with Gasteiger partial charge in [-0.05, 0) is 52.6 Å². The summed E-state index contributed by atoms with van der Waals surface area (Å²) in [6, 6.07) is 12.9. The monoisotopic (exact) mass is 288 g/mol. The van der Waals surface area contributed by atoms with Gasteiger partial charge in [0, 0.05) is 31.2 Å². The summed E-state index contributed by atoms with van der Waals surface area (Å²) in [5, 5.41) is 0. The Morgan fingerprint density at radius 2 is 1.71 bits per heavy atom. The molecule has 0 N–H and O–H groups in total. The molecule has 2 nitrogen and oxygen atoms in total. The van der Waals surface area contributed by atoms with E-state index < -0.39 is 0 Å². The maximum absolute atomic E-state index is 2.70. The molecule has 118 valence electrons. The normalized spacial score (nSPS) is 20.6. The molecular formula is C19H32N2. The molecule has 0 aromatic heterocycles. The lowest BCUT2D eigenvalue weighted by molar-refractivity contribution is 0.0699. The molecule has 1 aromatic rings. The Bertz CT molecular complexity index is 391. The van der Waals surface area contributed by atoms with Crippen LogP contribution in [-0.2, 0) is 6.54 Å². The van der Waals surface area contributed by atoms with Gasteiger partial charge in [0.25, 0.3) is 0 Å². The van der Waals surface area contributed by atoms with Crippen LogP contribution in [0.4, 0.5) is 0 Å². The first kappa shape index (κ1) is 16.5. The van der Waals surface area contributed by atoms with Gasteiger partial charge in [-0.1, -0.05) is 36.8 Å². The highest BCUT2D eigenvalue weighted by Gasteiger charge is 2.26. The molecule has 2 heteroatoms. The van der Waals surface area contributed by atoms with Crippen LogP contribution in [0, 0.1) is 0 Å². The molecule has 0 bridgehead atoms. The Morgan fingerprint density at radius 1 is 1.05 bits per heavy atom. The second kappa shape index (κ2) is 7.95. The van der Waals surface area contributed by atoms with Gasteiger partial charge in [0.2, 0.25) is 0 Å². The first-order valence-electron chi connectivity index (χ1n) is 8.61. The summed E-state index contributed by atoms with van der Waals surface area (Å²) in [4.78, 5) is 5.35. The molecule has 1 heterocycles. The van der Waals surface area contributed by atoms with Crippen molar-refractivity contribution < 1.29 is 0 Å². The van der Waals surface area contributed by atoms with Gasteiger partial charge in [0.1, 0.15) is 0 Å². The van der Waals surface area contributed by atoms with Crippen molar-refractivity contribution in [3.8, 4) is 0 Å². The van der Waals surface area contributed by atoms with Crippen molar-refractivity contribution >= 4 is 0 Å². The summed E-state index contributed by atoms with van der Waals surface area (Å²) < 4.78 is 0. The molecule has 1 aliphatic rings. The highest BCUT2D eigenvalue weighted by Crippen LogP contribution is 2.22. The molecule has 2 rings (SSSR count). The molecular weight excluding hydrogens is 256 g/mol. The molecule has 1 aliphatic heterocycles. The van der Waals surface area contributed by atoms with Crippen molar-refractivity contribution in [1.82, 2.24) is 9.80 Å². The summed E-state index contributed by atoms with van der Waals surface area (Å²) in [6.07, 6.45) is 4.09. The zero-order valence-electron chi connectivity index (χ0n) is 14.3. The van der Waals surface area contributed by atoms with Crippen LogP contribution in [-0.4, -0.2) is 41.0 Å². The van der Waals surface area contributed by atoms with Crippen molar-refractivity contribution in [2.24, 2.45) is 0 Å². The van der Waals surface area contributed by atoms with Crippen LogP contribution in [0.1, 0.15) is 52.5 Å². The second-order valence-electron chi connectivity index (χ2n) is 6.99. The van der Waals surface area contributed by atoms with Gasteiger partial charge in [-0.3, -0.25) is 9.80 Å². The van der Waals surface area contributed by atoms with E-state index in [1.807, 2.05) is 0 Å². The maximum atomic E-state index is 2.70. The smallest absolute Gasteiger partial charge is 0.0237 e. The molecule has 0 amide bonds. The first-order chi connectivity index (χ1) is 10.1. The minimum atomic E-state index is 0.630. The molecule has 1 aromatic carbocycles. The van der Waals surface area contributed by atoms with Crippen molar-refractivity contribution in [3.63, 3.8) is 0 Å². The highest BCUT2D eigenvalue weighted by atomic mass is 15.2. The lowest BCUT2D eigenvalue weighted by Gasteiger charge is -2.41. The summed E-state index contributed by atoms with van der Waals surface area (Å²) in [5.74, 6) is 0. The van der Waals surface area contributed by atoms with Crippen LogP contribution >= 0.6 is 0 Å². The average Bonchev–Trinajstić information content (AvgIpc) is 2.46. The van der Waals surface area contributed by atoms with Crippen LogP contribution in [0.25, 0.3) is 0 Å². The van der Waals surface area contributed by atoms with Gasteiger partial charge >= 0.3 is 0 Å². The predicted octanol–water partition coefficient (Wildman–Crippen LogP) is 4.16. The zero-order valence-corrected chi connectivity index (χ0v) is 14.3. The second-order valence-corrected chi connectivity index (χ2v) is 6.99. The Kier molecular flexibility index (Phi) is 6.25. The van der Waals surface area contributed by atoms with Crippen LogP contribution in [0.15, 0.2) is 30.3 Å². The lowest BCUT2D eigenvalue weighted by atomic mass is 9.99. The Morgan fingerprint density at radius 3 is 2.33 bits per heavy atom. The van der Waals surface area contributed by atoms with Gasteiger partial charge in [0.05, 0.1) is 0 Å². The lowest BCUT2D eigenvalue weighted by Crippen LogP contribution is -2.50. The van der Waals surface area contributed by atoms with Crippen LogP contribution in [0.5, 0.6) is 0 Å². The minimum Gasteiger partial charge on any atom is -0.297 e. The van der Waals surface area contributed by atoms with E-state index in [0.717, 1.165) is 6.54 Å². The fourth-order valence-electron chi connectivity index (χ4n) is 3.55. The summed E-state index contributed by atoms with van der Waals surface area (Å²) in [7, 11) is 0. The van der Waals surface area contributed by atoms with Crippen molar-refractivity contribution in [1.29, 1.82) is 0 Å². The molecule has 0 saturated carbocycles. The minimum absolute atomic E-state index is 0.630. The standard InChI is InChI=1S/C19H32N2/c1-16(2)21(17(3)4)15-19-12-8-9-13-20(19)14-18-10-6-5-7-11-18/h5-7,10-11,16-17,19H,8-9,12-15H2,1-4H3. The van der Waals surface area contributed by atoms with E-state index in [4.69, 9.17) is 0 Å². The van der Waals surface area contributed by atoms with E-state index in [1.165, 1.54) is 37.9 Å². The Hall–Kier alpha value is -0.860. The number of rotatable bonds is 6. The Labute approximate surface area is 131 Å². The Balaban J connectivity index is 2.01. The molecule has 1 atom stereocenters. The van der Waals surface area contributed by atoms with E-state index in [9.17, 15) is 0 Å². The molecule has 1 fully saturated rings. The third kappa shape index (κ3) is 4.82. The van der Waals surface area contributed by atoms with Crippen molar-refractivity contribution in [2.45, 2.75) is 71.6 Å². The van der Waals surface area contributed by atoms with E-state index in [1.54, 1.807) is 0 Å². The summed E-state index contributed by atoms with van der Waals surface area (Å²) in [5.41, 5.74) is 1.45. The van der Waals surface area contributed by atoms with Gasteiger partial charge in [-0.2, -0.15) is 0 Å². The number of nitrogens with zero attached hydrogens (tertiary/aromatic N) is 2. The van der Waals surface area contributed by atoms with Crippen molar-refractivity contribution in [3.05, 3.63) is 35.9 Å². The summed E-state index contributed by atoms with van der Waals surface area (Å²) in [6.45, 7) is 12.9. The molecule has 0 radical (unpaired) electrons. The number of likely N-dealkylation sites (tertiary alicyclic amines) is 1. The number of hydrogen-bond acceptors (Lipinski definition) is 2. The summed E-state index contributed by atoms with van der Waals surface area (Å²) >= 11 is 0. The van der Waals surface area contributed by atoms with Gasteiger partial charge in [0.15, 0.2) is 0 Å². The van der Waals surface area contributed by atoms with E-state index in [-0.39, 0.29) is 0 Å². The third-order valence-corrected chi connectivity index (χ3v) is 4.73. The quantitative estimate of drug-likeness (QED) is 0.775. The van der Waals surface area contributed by atoms with E-state index in [2.05, 4.69) is 67.8 Å². The van der Waals surface area contributed by atoms with Gasteiger partial charge < -0.3 is 0 Å². The van der Waals surface area contributed by atoms with Crippen LogP contribution in [0.2, 0.25) is 0 Å². The van der Waals surface area contributed by atoms with Gasteiger partial charge in [-0.15, -0.1) is 0 Å². The van der Waals surface area contributed by atoms with E-state index >= 15 is 0 Å². The number of benzene rings is 1. The molecule has 0 aliphatic carbocycles. The third-order valence-electron chi connectivity index (χ3n) is 4.73. The fourth-order valence-corrected chi connectivity index (χ4v) is 3.55. The van der Waals surface area contributed by atoms with Gasteiger partial charge in [-0.25, -0.2) is 0 Å². The first-order valence-corrected chi connectivity index (χ1v) is 8.61. The van der Waals surface area contributed by atoms with Crippen LogP contribution in [0.3, 0.4) is 0 Å². The number of piperidine rings is 1. The largest absolute Gasteiger partial charge is 0.297 e. The molecule has 0 spiro atoms. The highest BCUT2D eigenvalue weighted by molar-refractivity contribution is 5.14. The van der Waals surface area contributed by atoms with Crippen molar-refractivity contribution in [2.75, 3.05) is 13.1 Å². The fraction of sp³-hybridized carbons (Fsp3) is 0.684. The van der Waals surface area contributed by atoms with E-state index in [0.29, 0.717) is 18.1 Å². The predicted molar refractivity (Wildman–Crippen MR) is 91.5 cm³/mol. The molecule has 1 unspecified atom stereocenters. The number of hydrogen-bond donors (Lipinski definition) is 0. The molecule has 21 heavy (non-hydrogen) atoms. The average molecular weight is 288 g/mol. The molecule has 1 saturated heterocycles. The zero-order chi connectivity index (χ0) is 15.2. The SMILES string of the molecule is CC(C)N(CC1CCCCN1Cc1ccccc1)C(C)C. The van der Waals surface area contributed by atoms with Crippen LogP contribution < -0.4 is 0 Å². The maximum Gasteiger partial charge on any atom is 0.0237 e. The topological polar surface area (TPSA) is 6.48 Å².